The fourth-order valence-electron chi connectivity index (χ4n) is 3.55. The second kappa shape index (κ2) is 9.32. The first-order chi connectivity index (χ1) is 16.3. The molecule has 0 aliphatic rings. The number of carbonyl (C=O) groups excluding carboxylic acids is 1. The zero-order valence-electron chi connectivity index (χ0n) is 17.8. The second-order valence-electron chi connectivity index (χ2n) is 7.41. The lowest BCUT2D eigenvalue weighted by molar-refractivity contribution is -0.116. The number of para-hydroxylation sites is 3. The Balaban J connectivity index is 1.32. The molecule has 2 aromatic heterocycles. The van der Waals surface area contributed by atoms with Crippen LogP contribution in [-0.2, 0) is 17.9 Å². The smallest absolute Gasteiger partial charge is 0.244 e. The Kier molecular flexibility index (Phi) is 5.75. The van der Waals surface area contributed by atoms with Crippen molar-refractivity contribution in [3.8, 4) is 17.1 Å². The van der Waals surface area contributed by atoms with Crippen LogP contribution < -0.4 is 10.1 Å². The van der Waals surface area contributed by atoms with Gasteiger partial charge in [0, 0.05) is 5.56 Å². The summed E-state index contributed by atoms with van der Waals surface area (Å²) in [6.07, 6.45) is 3.22. The molecule has 0 atom stereocenters. The molecular weight excluding hydrogens is 414 g/mol. The highest BCUT2D eigenvalue weighted by Gasteiger charge is 2.15. The van der Waals surface area contributed by atoms with E-state index >= 15 is 0 Å². The van der Waals surface area contributed by atoms with E-state index < -0.39 is 0 Å². The average molecular weight is 435 g/mol. The van der Waals surface area contributed by atoms with Gasteiger partial charge in [0.15, 0.2) is 5.82 Å². The SMILES string of the molecule is O=C(Cn1c(COc2ccccc2)nc2ccccc21)Nc1cnc(-c2ccccc2)nc1. The maximum Gasteiger partial charge on any atom is 0.244 e. The van der Waals surface area contributed by atoms with Crippen LogP contribution in [0.3, 0.4) is 0 Å². The van der Waals surface area contributed by atoms with E-state index in [4.69, 9.17) is 4.74 Å². The molecule has 162 valence electrons. The first kappa shape index (κ1) is 20.4. The number of nitrogens with zero attached hydrogens (tertiary/aromatic N) is 4. The third-order valence-electron chi connectivity index (χ3n) is 5.11. The van der Waals surface area contributed by atoms with Gasteiger partial charge in [-0.05, 0) is 24.3 Å². The minimum atomic E-state index is -0.199. The number of ether oxygens (including phenoxy) is 1. The lowest BCUT2D eigenvalue weighted by Gasteiger charge is -2.11. The number of rotatable bonds is 7. The van der Waals surface area contributed by atoms with Gasteiger partial charge in [-0.1, -0.05) is 60.7 Å². The molecule has 0 unspecified atom stereocenters. The van der Waals surface area contributed by atoms with Gasteiger partial charge in [-0.15, -0.1) is 0 Å². The average Bonchev–Trinajstić information content (AvgIpc) is 3.21. The van der Waals surface area contributed by atoms with E-state index in [1.807, 2.05) is 89.5 Å². The zero-order valence-corrected chi connectivity index (χ0v) is 17.8. The molecule has 0 aliphatic carbocycles. The zero-order chi connectivity index (χ0) is 22.5. The molecular formula is C26H21N5O2. The number of fused-ring (bicyclic) bond motifs is 1. The van der Waals surface area contributed by atoms with E-state index in [1.165, 1.54) is 0 Å². The third kappa shape index (κ3) is 4.72. The Labute approximate surface area is 190 Å². The van der Waals surface area contributed by atoms with Crippen LogP contribution in [0.25, 0.3) is 22.4 Å². The Morgan fingerprint density at radius 1 is 0.848 bits per heavy atom. The summed E-state index contributed by atoms with van der Waals surface area (Å²) >= 11 is 0. The van der Waals surface area contributed by atoms with Crippen molar-refractivity contribution in [1.29, 1.82) is 0 Å². The number of nitrogens with one attached hydrogen (secondary N) is 1. The molecule has 0 saturated carbocycles. The first-order valence-electron chi connectivity index (χ1n) is 10.6. The van der Waals surface area contributed by atoms with E-state index in [0.29, 0.717) is 17.3 Å². The highest BCUT2D eigenvalue weighted by Crippen LogP contribution is 2.19. The first-order valence-corrected chi connectivity index (χ1v) is 10.6. The van der Waals surface area contributed by atoms with Gasteiger partial charge in [0.1, 0.15) is 24.7 Å². The molecule has 1 amide bonds. The molecule has 7 heteroatoms. The monoisotopic (exact) mass is 435 g/mol. The van der Waals surface area contributed by atoms with E-state index in [2.05, 4.69) is 20.3 Å². The normalized spacial score (nSPS) is 10.8. The third-order valence-corrected chi connectivity index (χ3v) is 5.11. The minimum absolute atomic E-state index is 0.0917. The van der Waals surface area contributed by atoms with Gasteiger partial charge in [-0.25, -0.2) is 15.0 Å². The highest BCUT2D eigenvalue weighted by atomic mass is 16.5. The van der Waals surface area contributed by atoms with E-state index in [0.717, 1.165) is 22.3 Å². The van der Waals surface area contributed by atoms with Crippen molar-refractivity contribution in [2.24, 2.45) is 0 Å². The molecule has 0 fully saturated rings. The molecule has 2 heterocycles. The largest absolute Gasteiger partial charge is 0.486 e. The van der Waals surface area contributed by atoms with Crippen LogP contribution in [0.5, 0.6) is 5.75 Å². The molecule has 1 N–H and O–H groups in total. The number of amides is 1. The molecule has 0 bridgehead atoms. The van der Waals surface area contributed by atoms with Crippen molar-refractivity contribution in [2.75, 3.05) is 5.32 Å². The van der Waals surface area contributed by atoms with Crippen LogP contribution in [0.2, 0.25) is 0 Å². The van der Waals surface area contributed by atoms with E-state index in [-0.39, 0.29) is 19.1 Å². The summed E-state index contributed by atoms with van der Waals surface area (Å²) in [5.74, 6) is 1.83. The van der Waals surface area contributed by atoms with Crippen molar-refractivity contribution < 1.29 is 9.53 Å². The van der Waals surface area contributed by atoms with Crippen molar-refractivity contribution in [2.45, 2.75) is 13.2 Å². The molecule has 0 saturated heterocycles. The second-order valence-corrected chi connectivity index (χ2v) is 7.41. The van der Waals surface area contributed by atoms with Gasteiger partial charge >= 0.3 is 0 Å². The van der Waals surface area contributed by atoms with Gasteiger partial charge in [-0.2, -0.15) is 0 Å². The lowest BCUT2D eigenvalue weighted by Crippen LogP contribution is -2.21. The number of imidazole rings is 1. The highest BCUT2D eigenvalue weighted by molar-refractivity contribution is 5.91. The van der Waals surface area contributed by atoms with Crippen LogP contribution in [-0.4, -0.2) is 25.4 Å². The summed E-state index contributed by atoms with van der Waals surface area (Å²) in [5, 5.41) is 2.87. The molecule has 5 aromatic rings. The number of carbonyl (C=O) groups is 1. The van der Waals surface area contributed by atoms with Crippen LogP contribution in [0.1, 0.15) is 5.82 Å². The molecule has 3 aromatic carbocycles. The standard InChI is InChI=1S/C26H21N5O2/c32-25(29-20-15-27-26(28-16-20)19-9-3-1-4-10-19)17-31-23-14-8-7-13-22(23)30-24(31)18-33-21-11-5-2-6-12-21/h1-16H,17-18H2,(H,29,32). The number of hydrogen-bond acceptors (Lipinski definition) is 5. The Hall–Kier alpha value is -4.52. The quantitative estimate of drug-likeness (QED) is 0.400. The summed E-state index contributed by atoms with van der Waals surface area (Å²) in [5.41, 5.74) is 3.14. The van der Waals surface area contributed by atoms with Crippen molar-refractivity contribution in [3.05, 3.63) is 103 Å². The number of aromatic nitrogens is 4. The van der Waals surface area contributed by atoms with Gasteiger partial charge in [0.2, 0.25) is 5.91 Å². The molecule has 0 spiro atoms. The molecule has 7 nitrogen and oxygen atoms in total. The molecule has 0 radical (unpaired) electrons. The predicted octanol–water partition coefficient (Wildman–Crippen LogP) is 4.71. The minimum Gasteiger partial charge on any atom is -0.486 e. The van der Waals surface area contributed by atoms with Gasteiger partial charge in [0.05, 0.1) is 29.1 Å². The summed E-state index contributed by atoms with van der Waals surface area (Å²) < 4.78 is 7.75. The van der Waals surface area contributed by atoms with Crippen molar-refractivity contribution in [3.63, 3.8) is 0 Å². The fraction of sp³-hybridized carbons (Fsp3) is 0.0769. The number of hydrogen-bond donors (Lipinski definition) is 1. The van der Waals surface area contributed by atoms with Crippen LogP contribution >= 0.6 is 0 Å². The van der Waals surface area contributed by atoms with E-state index in [1.54, 1.807) is 12.4 Å². The topological polar surface area (TPSA) is 81.9 Å². The maximum absolute atomic E-state index is 12.8. The summed E-state index contributed by atoms with van der Waals surface area (Å²) in [7, 11) is 0. The van der Waals surface area contributed by atoms with Crippen LogP contribution in [0.4, 0.5) is 5.69 Å². The van der Waals surface area contributed by atoms with Gasteiger partial charge in [0.25, 0.3) is 0 Å². The van der Waals surface area contributed by atoms with E-state index in [9.17, 15) is 4.79 Å². The van der Waals surface area contributed by atoms with Gasteiger partial charge < -0.3 is 14.6 Å². The summed E-state index contributed by atoms with van der Waals surface area (Å²) in [6, 6.07) is 26.9. The van der Waals surface area contributed by atoms with Gasteiger partial charge in [-0.3, -0.25) is 4.79 Å². The van der Waals surface area contributed by atoms with Crippen LogP contribution in [0, 0.1) is 0 Å². The Morgan fingerprint density at radius 3 is 2.27 bits per heavy atom. The Bertz CT molecular complexity index is 1370. The molecule has 0 aliphatic heterocycles. The number of benzene rings is 3. The maximum atomic E-state index is 12.8. The van der Waals surface area contributed by atoms with Crippen molar-refractivity contribution in [1.82, 2.24) is 19.5 Å². The summed E-state index contributed by atoms with van der Waals surface area (Å²) in [4.78, 5) is 26.2. The molecule has 33 heavy (non-hydrogen) atoms. The molecule has 5 rings (SSSR count). The predicted molar refractivity (Wildman–Crippen MR) is 127 cm³/mol. The Morgan fingerprint density at radius 2 is 1.52 bits per heavy atom. The van der Waals surface area contributed by atoms with Crippen LogP contribution in [0.15, 0.2) is 97.3 Å². The summed E-state index contributed by atoms with van der Waals surface area (Å²) in [6.45, 7) is 0.343. The van der Waals surface area contributed by atoms with Crippen molar-refractivity contribution >= 4 is 22.6 Å². The fourth-order valence-corrected chi connectivity index (χ4v) is 3.55. The lowest BCUT2D eigenvalue weighted by atomic mass is 10.2. The number of anilines is 1.